The molecular formula is C26H20Br2GeO2. The molecule has 0 amide bonds. The molecule has 0 atom stereocenters. The summed E-state index contributed by atoms with van der Waals surface area (Å²) in [5.41, 5.74) is 6.01. The Bertz CT molecular complexity index is 1220. The fraction of sp³-hybridized carbons (Fsp3) is 0.115. The Balaban J connectivity index is 1.97. The van der Waals surface area contributed by atoms with Gasteiger partial charge < -0.3 is 0 Å². The molecular weight excluding hydrogens is 577 g/mol. The molecule has 1 aliphatic carbocycles. The second-order valence-electron chi connectivity index (χ2n) is 7.55. The first-order valence-corrected chi connectivity index (χ1v) is 14.0. The van der Waals surface area contributed by atoms with Crippen molar-refractivity contribution in [1.82, 2.24) is 0 Å². The molecule has 5 heteroatoms. The number of methoxy groups -OCH3 is 2. The van der Waals surface area contributed by atoms with E-state index >= 15 is 0 Å². The third kappa shape index (κ3) is 3.14. The number of allylic oxidation sites excluding steroid dienone is 4. The topological polar surface area (TPSA) is 18.5 Å². The average Bonchev–Trinajstić information content (AvgIpc) is 3.07. The van der Waals surface area contributed by atoms with Crippen LogP contribution in [0.1, 0.15) is 22.3 Å². The number of fused-ring (bicyclic) bond motifs is 2. The van der Waals surface area contributed by atoms with Gasteiger partial charge in [0, 0.05) is 0 Å². The van der Waals surface area contributed by atoms with Crippen molar-refractivity contribution >= 4 is 55.7 Å². The van der Waals surface area contributed by atoms with Crippen LogP contribution in [0.25, 0.3) is 5.57 Å². The fourth-order valence-electron chi connectivity index (χ4n) is 4.80. The van der Waals surface area contributed by atoms with Gasteiger partial charge in [0.2, 0.25) is 0 Å². The molecule has 154 valence electrons. The first kappa shape index (κ1) is 21.0. The van der Waals surface area contributed by atoms with Gasteiger partial charge in [-0.2, -0.15) is 0 Å². The summed E-state index contributed by atoms with van der Waals surface area (Å²) in [7, 11) is 3.46. The van der Waals surface area contributed by atoms with Crippen LogP contribution < -0.4 is 4.74 Å². The van der Waals surface area contributed by atoms with Crippen LogP contribution in [0.2, 0.25) is 0 Å². The molecule has 0 saturated heterocycles. The molecule has 1 heterocycles. The first-order chi connectivity index (χ1) is 15.1. The monoisotopic (exact) mass is 596 g/mol. The van der Waals surface area contributed by atoms with Gasteiger partial charge in [-0.05, 0) is 0 Å². The van der Waals surface area contributed by atoms with E-state index in [0.717, 1.165) is 16.0 Å². The summed E-state index contributed by atoms with van der Waals surface area (Å²) in [6.45, 7) is 0. The molecule has 2 aliphatic rings. The van der Waals surface area contributed by atoms with Crippen molar-refractivity contribution in [1.29, 1.82) is 0 Å². The molecule has 0 saturated carbocycles. The molecule has 0 aromatic heterocycles. The van der Waals surface area contributed by atoms with E-state index in [4.69, 9.17) is 9.47 Å². The zero-order valence-corrected chi connectivity index (χ0v) is 22.7. The van der Waals surface area contributed by atoms with Gasteiger partial charge in [0.25, 0.3) is 0 Å². The van der Waals surface area contributed by atoms with Crippen LogP contribution in [0.4, 0.5) is 0 Å². The Morgan fingerprint density at radius 1 is 0.806 bits per heavy atom. The van der Waals surface area contributed by atoms with Gasteiger partial charge in [0.1, 0.15) is 0 Å². The third-order valence-corrected chi connectivity index (χ3v) is 11.6. The summed E-state index contributed by atoms with van der Waals surface area (Å²) in [5.74, 6) is 1.77. The Labute approximate surface area is 205 Å². The number of hydrogen-bond donors (Lipinski definition) is 0. The maximum absolute atomic E-state index is 5.73. The Hall–Kier alpha value is -1.89. The number of ether oxygens (including phenoxy) is 2. The van der Waals surface area contributed by atoms with E-state index in [0.29, 0.717) is 0 Å². The van der Waals surface area contributed by atoms with E-state index in [-0.39, 0.29) is 5.41 Å². The van der Waals surface area contributed by atoms with Gasteiger partial charge in [-0.3, -0.25) is 0 Å². The van der Waals surface area contributed by atoms with Gasteiger partial charge in [0.15, 0.2) is 0 Å². The number of rotatable bonds is 4. The number of benzene rings is 3. The maximum atomic E-state index is 5.73. The predicted octanol–water partition coefficient (Wildman–Crippen LogP) is 6.02. The molecule has 1 aliphatic heterocycles. The quantitative estimate of drug-likeness (QED) is 0.343. The summed E-state index contributed by atoms with van der Waals surface area (Å²) in [5, 5.41) is 0. The van der Waals surface area contributed by atoms with Gasteiger partial charge in [-0.25, -0.2) is 0 Å². The normalized spacial score (nSPS) is 16.3. The van der Waals surface area contributed by atoms with Crippen molar-refractivity contribution in [3.63, 3.8) is 0 Å². The van der Waals surface area contributed by atoms with Gasteiger partial charge in [0.05, 0.1) is 0 Å². The van der Waals surface area contributed by atoms with Crippen molar-refractivity contribution in [2.24, 2.45) is 0 Å². The van der Waals surface area contributed by atoms with Crippen LogP contribution in [-0.4, -0.2) is 32.5 Å². The SMILES string of the molecule is COC1=CC2=[C]([GeH]=[C]1Br)C(c1ccccc1)(c1ccccc1)c1cc(Br)c(OC)cc12. The van der Waals surface area contributed by atoms with E-state index in [1.54, 1.807) is 14.2 Å². The molecule has 3 aromatic carbocycles. The van der Waals surface area contributed by atoms with Gasteiger partial charge >= 0.3 is 206 Å². The average molecular weight is 597 g/mol. The molecule has 0 spiro atoms. The van der Waals surface area contributed by atoms with Crippen molar-refractivity contribution in [3.05, 3.63) is 116 Å². The van der Waals surface area contributed by atoms with Crippen LogP contribution in [0.5, 0.6) is 5.75 Å². The molecule has 0 radical (unpaired) electrons. The Kier molecular flexibility index (Phi) is 5.57. The molecule has 0 N–H and O–H groups in total. The summed E-state index contributed by atoms with van der Waals surface area (Å²) in [6.07, 6.45) is 2.19. The minimum atomic E-state index is -1.02. The molecule has 2 nitrogen and oxygen atoms in total. The van der Waals surface area contributed by atoms with E-state index < -0.39 is 15.0 Å². The van der Waals surface area contributed by atoms with Crippen LogP contribution in [0.3, 0.4) is 0 Å². The van der Waals surface area contributed by atoms with Crippen LogP contribution in [0.15, 0.2) is 93.5 Å². The van der Waals surface area contributed by atoms with Crippen molar-refractivity contribution < 1.29 is 9.47 Å². The first-order valence-electron chi connectivity index (χ1n) is 9.98. The Morgan fingerprint density at radius 2 is 1.42 bits per heavy atom. The van der Waals surface area contributed by atoms with Gasteiger partial charge in [-0.1, -0.05) is 0 Å². The van der Waals surface area contributed by atoms with E-state index in [1.807, 2.05) is 0 Å². The molecule has 0 bridgehead atoms. The molecule has 0 fully saturated rings. The minimum absolute atomic E-state index is 0.337. The zero-order chi connectivity index (χ0) is 21.6. The van der Waals surface area contributed by atoms with E-state index in [2.05, 4.69) is 111 Å². The van der Waals surface area contributed by atoms with Gasteiger partial charge in [-0.15, -0.1) is 0 Å². The van der Waals surface area contributed by atoms with Crippen molar-refractivity contribution in [2.75, 3.05) is 14.2 Å². The second-order valence-corrected chi connectivity index (χ2v) is 14.1. The molecule has 3 aromatic rings. The molecule has 31 heavy (non-hydrogen) atoms. The fourth-order valence-corrected chi connectivity index (χ4v) is 10.3. The second kappa shape index (κ2) is 8.23. The van der Waals surface area contributed by atoms with Crippen LogP contribution in [-0.2, 0) is 10.2 Å². The van der Waals surface area contributed by atoms with Crippen molar-refractivity contribution in [2.45, 2.75) is 5.41 Å². The third-order valence-electron chi connectivity index (χ3n) is 6.10. The van der Waals surface area contributed by atoms with E-state index in [1.165, 1.54) is 35.5 Å². The summed E-state index contributed by atoms with van der Waals surface area (Å²) in [6, 6.07) is 26.2. The van der Waals surface area contributed by atoms with E-state index in [9.17, 15) is 0 Å². The van der Waals surface area contributed by atoms with Crippen LogP contribution in [0, 0.1) is 0 Å². The standard InChI is InChI=1S/C26H20Br2GeO2/c1-30-22-13-18-19-14-23(31-2)25(28)29-24(19)26(20(18)15-21(22)27,16-9-5-3-6-10-16)17-11-7-4-8-12-17/h3-15,29H,1-2H3. The zero-order valence-electron chi connectivity index (χ0n) is 17.2. The summed E-state index contributed by atoms with van der Waals surface area (Å²) in [4.78, 5) is 0. The molecule has 5 rings (SSSR count). The number of hydrogen-bond acceptors (Lipinski definition) is 2. The van der Waals surface area contributed by atoms with Crippen LogP contribution >= 0.6 is 31.9 Å². The number of halogens is 2. The molecule has 0 unspecified atom stereocenters. The predicted molar refractivity (Wildman–Crippen MR) is 137 cm³/mol. The van der Waals surface area contributed by atoms with Crippen molar-refractivity contribution in [3.8, 4) is 5.75 Å². The summed E-state index contributed by atoms with van der Waals surface area (Å²) >= 11 is 6.60. The summed E-state index contributed by atoms with van der Waals surface area (Å²) < 4.78 is 15.1. The Morgan fingerprint density at radius 3 is 1.97 bits per heavy atom.